The van der Waals surface area contributed by atoms with Crippen molar-refractivity contribution in [2.45, 2.75) is 12.5 Å². The number of nitrogen functional groups attached to an aromatic ring is 1. The monoisotopic (exact) mass is 621 g/mol. The van der Waals surface area contributed by atoms with Gasteiger partial charge in [-0.2, -0.15) is 5.10 Å². The number of methoxy groups -OCH3 is 1. The molecule has 0 saturated heterocycles. The average molecular weight is 622 g/mol. The number of hydrogen-bond donors (Lipinski definition) is 3. The molecule has 11 nitrogen and oxygen atoms in total. The van der Waals surface area contributed by atoms with E-state index in [4.69, 9.17) is 36.9 Å². The predicted molar refractivity (Wildman–Crippen MR) is 172 cm³/mol. The molecular weight excluding hydrogens is 594 g/mol. The minimum Gasteiger partial charge on any atom is -0.508 e. The maximum atomic E-state index is 13.6. The molecule has 0 aliphatic heterocycles. The van der Waals surface area contributed by atoms with Crippen LogP contribution < -0.4 is 11.3 Å². The van der Waals surface area contributed by atoms with E-state index in [1.807, 2.05) is 30.3 Å². The Morgan fingerprint density at radius 3 is 2.73 bits per heavy atom. The lowest BCUT2D eigenvalue weighted by Gasteiger charge is -2.18. The zero-order valence-corrected chi connectivity index (χ0v) is 25.0. The lowest BCUT2D eigenvalue weighted by atomic mass is 9.97. The third kappa shape index (κ3) is 6.34. The summed E-state index contributed by atoms with van der Waals surface area (Å²) in [5, 5.41) is 16.5. The maximum absolute atomic E-state index is 13.6. The van der Waals surface area contributed by atoms with Crippen LogP contribution in [-0.2, 0) is 16.0 Å². The molecule has 0 aliphatic rings. The van der Waals surface area contributed by atoms with Crippen molar-refractivity contribution in [3.05, 3.63) is 105 Å². The van der Waals surface area contributed by atoms with Gasteiger partial charge < -0.3 is 25.3 Å². The Balaban J connectivity index is 1.45. The maximum Gasteiger partial charge on any atom is 0.260 e. The number of nitrogens with two attached hydrogens (primary N) is 1. The molecule has 0 aliphatic carbocycles. The Kier molecular flexibility index (Phi) is 8.70. The van der Waals surface area contributed by atoms with Crippen LogP contribution in [0.1, 0.15) is 22.9 Å². The Hall–Kier alpha value is -5.28. The van der Waals surface area contributed by atoms with E-state index < -0.39 is 5.92 Å². The van der Waals surface area contributed by atoms with Gasteiger partial charge in [0, 0.05) is 23.3 Å². The fraction of sp³-hybridized carbons (Fsp3) is 0.182. The van der Waals surface area contributed by atoms with Crippen molar-refractivity contribution in [3.8, 4) is 28.8 Å². The van der Waals surface area contributed by atoms with Crippen LogP contribution in [0.2, 0.25) is 5.02 Å². The Bertz CT molecular complexity index is 2130. The number of phenolic OH excluding ortho intramolecular Hbond substituents is 1. The van der Waals surface area contributed by atoms with Crippen molar-refractivity contribution in [1.82, 2.24) is 29.7 Å². The molecule has 0 saturated carbocycles. The van der Waals surface area contributed by atoms with E-state index in [2.05, 4.69) is 26.8 Å². The van der Waals surface area contributed by atoms with E-state index in [1.54, 1.807) is 48.2 Å². The van der Waals surface area contributed by atoms with Crippen molar-refractivity contribution >= 4 is 39.4 Å². The first kappa shape index (κ1) is 29.8. The Morgan fingerprint density at radius 1 is 1.07 bits per heavy atom. The number of aromatic hydroxyl groups is 1. The van der Waals surface area contributed by atoms with Crippen molar-refractivity contribution in [2.75, 3.05) is 32.7 Å². The van der Waals surface area contributed by atoms with Crippen LogP contribution in [0.4, 0.5) is 5.82 Å². The number of nitrogens with one attached hydrogen (secondary N) is 1. The molecule has 12 heteroatoms. The summed E-state index contributed by atoms with van der Waals surface area (Å²) in [5.41, 5.74) is 9.47. The number of nitrogens with zero attached hydrogens (tertiary/aromatic N) is 5. The third-order valence-electron chi connectivity index (χ3n) is 7.20. The highest BCUT2D eigenvalue weighted by atomic mass is 35.5. The van der Waals surface area contributed by atoms with E-state index in [0.717, 1.165) is 5.56 Å². The summed E-state index contributed by atoms with van der Waals surface area (Å²) in [6.07, 6.45) is 1.37. The second-order valence-corrected chi connectivity index (χ2v) is 10.6. The van der Waals surface area contributed by atoms with Crippen molar-refractivity contribution in [1.29, 1.82) is 0 Å². The van der Waals surface area contributed by atoms with E-state index in [0.29, 0.717) is 62.8 Å². The number of anilines is 1. The molecule has 3 heterocycles. The molecule has 0 bridgehead atoms. The average Bonchev–Trinajstić information content (AvgIpc) is 3.41. The second-order valence-electron chi connectivity index (χ2n) is 10.1. The van der Waals surface area contributed by atoms with Gasteiger partial charge in [0.25, 0.3) is 5.56 Å². The fourth-order valence-electron chi connectivity index (χ4n) is 5.13. The third-order valence-corrected chi connectivity index (χ3v) is 7.43. The molecule has 226 valence electrons. The minimum absolute atomic E-state index is 0.0861. The van der Waals surface area contributed by atoms with Crippen LogP contribution in [-0.4, -0.2) is 61.8 Å². The van der Waals surface area contributed by atoms with Gasteiger partial charge in [-0.3, -0.25) is 4.79 Å². The summed E-state index contributed by atoms with van der Waals surface area (Å²) in [5.74, 6) is 6.23. The first-order chi connectivity index (χ1) is 21.9. The van der Waals surface area contributed by atoms with Crippen LogP contribution in [0, 0.1) is 11.8 Å². The number of phenols is 1. The molecule has 3 aromatic heterocycles. The van der Waals surface area contributed by atoms with Gasteiger partial charge in [0.15, 0.2) is 5.65 Å². The van der Waals surface area contributed by atoms with Crippen LogP contribution in [0.3, 0.4) is 0 Å². The van der Waals surface area contributed by atoms with Crippen molar-refractivity contribution in [3.63, 3.8) is 0 Å². The molecule has 6 rings (SSSR count). The number of aromatic amines is 1. The molecule has 0 radical (unpaired) electrons. The quantitative estimate of drug-likeness (QED) is 0.156. The largest absolute Gasteiger partial charge is 0.508 e. The van der Waals surface area contributed by atoms with Gasteiger partial charge in [-0.05, 0) is 42.0 Å². The van der Waals surface area contributed by atoms with Crippen LogP contribution in [0.15, 0.2) is 77.9 Å². The SMILES string of the molecule is COCCOCC#Cc1cccc2nc(C(Cn3nc(-c4cccc(O)c4)c4c(N)ncnc43)c3cccc(Cl)c3)[nH]c(=O)c12. The van der Waals surface area contributed by atoms with E-state index >= 15 is 0 Å². The lowest BCUT2D eigenvalue weighted by molar-refractivity contribution is 0.0877. The van der Waals surface area contributed by atoms with Gasteiger partial charge in [-0.1, -0.05) is 53.8 Å². The van der Waals surface area contributed by atoms with Gasteiger partial charge in [-0.15, -0.1) is 0 Å². The van der Waals surface area contributed by atoms with Gasteiger partial charge >= 0.3 is 0 Å². The molecule has 45 heavy (non-hydrogen) atoms. The molecule has 0 amide bonds. The molecule has 0 fully saturated rings. The number of rotatable bonds is 9. The van der Waals surface area contributed by atoms with Gasteiger partial charge in [0.05, 0.1) is 42.0 Å². The van der Waals surface area contributed by atoms with Gasteiger partial charge in [-0.25, -0.2) is 19.6 Å². The summed E-state index contributed by atoms with van der Waals surface area (Å²) in [6, 6.07) is 19.4. The first-order valence-electron chi connectivity index (χ1n) is 14.0. The van der Waals surface area contributed by atoms with Crippen molar-refractivity contribution in [2.24, 2.45) is 0 Å². The number of fused-ring (bicyclic) bond motifs is 2. The molecule has 4 N–H and O–H groups in total. The normalized spacial score (nSPS) is 11.9. The van der Waals surface area contributed by atoms with Crippen molar-refractivity contribution < 1.29 is 14.6 Å². The molecule has 6 aromatic rings. The Morgan fingerprint density at radius 2 is 1.91 bits per heavy atom. The molecule has 1 unspecified atom stereocenters. The number of ether oxygens (including phenoxy) is 2. The lowest BCUT2D eigenvalue weighted by Crippen LogP contribution is -2.20. The number of halogens is 1. The fourth-order valence-corrected chi connectivity index (χ4v) is 5.33. The summed E-state index contributed by atoms with van der Waals surface area (Å²) >= 11 is 6.42. The summed E-state index contributed by atoms with van der Waals surface area (Å²) in [6.45, 7) is 1.33. The molecule has 3 aromatic carbocycles. The summed E-state index contributed by atoms with van der Waals surface area (Å²) in [4.78, 5) is 30.2. The van der Waals surface area contributed by atoms with E-state index in [-0.39, 0.29) is 30.3 Å². The number of aromatic nitrogens is 6. The smallest absolute Gasteiger partial charge is 0.260 e. The minimum atomic E-state index is -0.499. The van der Waals surface area contributed by atoms with Gasteiger partial charge in [0.1, 0.15) is 36.0 Å². The van der Waals surface area contributed by atoms with Crippen LogP contribution >= 0.6 is 11.6 Å². The number of H-pyrrole nitrogens is 1. The molecular formula is C33H28ClN7O4. The summed E-state index contributed by atoms with van der Waals surface area (Å²) < 4.78 is 12.1. The second kappa shape index (κ2) is 13.2. The van der Waals surface area contributed by atoms with E-state index in [9.17, 15) is 9.90 Å². The standard InChI is InChI=1S/C33H28ClN7O4/c1-44-14-15-45-13-5-9-20-6-4-12-26-27(20)33(43)39-31(38-26)25(21-7-2-10-23(34)16-21)18-41-32-28(30(35)36-19-37-32)29(40-41)22-8-3-11-24(42)17-22/h2-4,6-8,10-12,16-17,19,25,42H,13-15,18H2,1H3,(H2,35,36,37)(H,38,39,43). The van der Waals surface area contributed by atoms with Gasteiger partial charge in [0.2, 0.25) is 0 Å². The van der Waals surface area contributed by atoms with Crippen LogP contribution in [0.5, 0.6) is 5.75 Å². The summed E-state index contributed by atoms with van der Waals surface area (Å²) in [7, 11) is 1.60. The zero-order chi connectivity index (χ0) is 31.3. The number of hydrogen-bond acceptors (Lipinski definition) is 9. The molecule has 0 spiro atoms. The Labute approximate surface area is 262 Å². The predicted octanol–water partition coefficient (Wildman–Crippen LogP) is 4.52. The number of benzene rings is 3. The highest BCUT2D eigenvalue weighted by molar-refractivity contribution is 6.30. The zero-order valence-electron chi connectivity index (χ0n) is 24.2. The topological polar surface area (TPSA) is 154 Å². The van der Waals surface area contributed by atoms with E-state index in [1.165, 1.54) is 6.33 Å². The highest BCUT2D eigenvalue weighted by Gasteiger charge is 2.24. The highest BCUT2D eigenvalue weighted by Crippen LogP contribution is 2.34. The van der Waals surface area contributed by atoms with Crippen LogP contribution in [0.25, 0.3) is 33.2 Å². The molecule has 1 atom stereocenters. The first-order valence-corrected chi connectivity index (χ1v) is 14.4.